The van der Waals surface area contributed by atoms with Crippen LogP contribution >= 0.6 is 0 Å². The highest BCUT2D eigenvalue weighted by atomic mass is 16.6. The molecule has 1 saturated heterocycles. The summed E-state index contributed by atoms with van der Waals surface area (Å²) in [6, 6.07) is 25.9. The molecule has 1 unspecified atom stereocenters. The van der Waals surface area contributed by atoms with E-state index in [0.717, 1.165) is 0 Å². The molecule has 29 heavy (non-hydrogen) atoms. The van der Waals surface area contributed by atoms with E-state index in [4.69, 9.17) is 4.74 Å². The van der Waals surface area contributed by atoms with Crippen molar-refractivity contribution >= 4 is 23.3 Å². The number of carbonyl (C=O) groups is 3. The zero-order chi connectivity index (χ0) is 20.4. The minimum atomic E-state index is -1.77. The number of nitrogens with zero attached hydrogens (tertiary/aromatic N) is 1. The molecular weight excluding hydrogens is 366 g/mol. The fraction of sp³-hybridized carbons (Fsp3) is 0.0417. The van der Waals surface area contributed by atoms with Gasteiger partial charge in [0.2, 0.25) is 5.72 Å². The molecule has 1 fully saturated rings. The topological polar surface area (TPSA) is 63.7 Å². The molecule has 0 N–H and O–H groups in total. The van der Waals surface area contributed by atoms with Crippen LogP contribution in [0.3, 0.4) is 0 Å². The summed E-state index contributed by atoms with van der Waals surface area (Å²) in [5, 5.41) is 0. The number of carbonyl (C=O) groups excluding carboxylic acids is 3. The molecule has 0 aromatic heterocycles. The van der Waals surface area contributed by atoms with E-state index >= 15 is 0 Å². The molecule has 0 bridgehead atoms. The van der Waals surface area contributed by atoms with Crippen LogP contribution < -0.4 is 4.90 Å². The van der Waals surface area contributed by atoms with Crippen molar-refractivity contribution in [3.8, 4) is 0 Å². The van der Waals surface area contributed by atoms with Gasteiger partial charge < -0.3 is 4.74 Å². The van der Waals surface area contributed by atoms with E-state index in [1.165, 1.54) is 4.90 Å². The number of rotatable bonds is 5. The van der Waals surface area contributed by atoms with Crippen LogP contribution in [0.5, 0.6) is 0 Å². The first-order valence-electron chi connectivity index (χ1n) is 9.03. The van der Waals surface area contributed by atoms with Crippen molar-refractivity contribution < 1.29 is 19.1 Å². The number of anilines is 1. The van der Waals surface area contributed by atoms with E-state index in [1.807, 2.05) is 0 Å². The molecule has 3 aromatic carbocycles. The Morgan fingerprint density at radius 3 is 1.90 bits per heavy atom. The molecular formula is C24H17NO4. The van der Waals surface area contributed by atoms with Gasteiger partial charge in [-0.25, -0.2) is 4.79 Å². The van der Waals surface area contributed by atoms with E-state index in [2.05, 4.69) is 6.58 Å². The lowest BCUT2D eigenvalue weighted by atomic mass is 9.88. The summed E-state index contributed by atoms with van der Waals surface area (Å²) in [5.74, 6) is -2.32. The van der Waals surface area contributed by atoms with Crippen molar-refractivity contribution in [2.75, 3.05) is 4.90 Å². The third-order valence-corrected chi connectivity index (χ3v) is 4.83. The quantitative estimate of drug-likeness (QED) is 0.290. The van der Waals surface area contributed by atoms with Gasteiger partial charge in [0.15, 0.2) is 5.78 Å². The average molecular weight is 383 g/mol. The van der Waals surface area contributed by atoms with Gasteiger partial charge in [-0.05, 0) is 12.1 Å². The molecule has 4 rings (SSSR count). The minimum Gasteiger partial charge on any atom is -0.422 e. The van der Waals surface area contributed by atoms with Gasteiger partial charge >= 0.3 is 11.9 Å². The van der Waals surface area contributed by atoms with Crippen molar-refractivity contribution in [2.45, 2.75) is 5.72 Å². The molecule has 5 heteroatoms. The van der Waals surface area contributed by atoms with Gasteiger partial charge in [-0.3, -0.25) is 14.5 Å². The first-order valence-corrected chi connectivity index (χ1v) is 9.03. The molecule has 142 valence electrons. The van der Waals surface area contributed by atoms with Crippen LogP contribution in [0, 0.1) is 0 Å². The summed E-state index contributed by atoms with van der Waals surface area (Å²) >= 11 is 0. The molecule has 1 amide bonds. The largest absolute Gasteiger partial charge is 0.422 e. The number of Topliss-reactive ketones (excluding diaryl/α,β-unsaturated/α-hetero) is 1. The van der Waals surface area contributed by atoms with E-state index in [9.17, 15) is 14.4 Å². The SMILES string of the molecule is C=C(C(=O)c1ccccc1)C1(c2ccccc2)OC(=O)C(=O)N1c1ccccc1. The predicted octanol–water partition coefficient (Wildman–Crippen LogP) is 3.87. The summed E-state index contributed by atoms with van der Waals surface area (Å²) in [6.07, 6.45) is 0. The molecule has 5 nitrogen and oxygen atoms in total. The third-order valence-electron chi connectivity index (χ3n) is 4.83. The zero-order valence-corrected chi connectivity index (χ0v) is 15.4. The summed E-state index contributed by atoms with van der Waals surface area (Å²) in [5.41, 5.74) is -0.537. The normalized spacial score (nSPS) is 18.4. The van der Waals surface area contributed by atoms with E-state index in [1.54, 1.807) is 91.0 Å². The summed E-state index contributed by atoms with van der Waals surface area (Å²) in [7, 11) is 0. The molecule has 1 atom stereocenters. The smallest absolute Gasteiger partial charge is 0.400 e. The second kappa shape index (κ2) is 7.20. The van der Waals surface area contributed by atoms with Crippen LogP contribution in [0.1, 0.15) is 15.9 Å². The number of hydrogen-bond acceptors (Lipinski definition) is 4. The van der Waals surface area contributed by atoms with Gasteiger partial charge in [-0.2, -0.15) is 0 Å². The molecule has 0 aliphatic carbocycles. The van der Waals surface area contributed by atoms with Crippen LogP contribution in [-0.4, -0.2) is 17.7 Å². The first-order chi connectivity index (χ1) is 14.1. The van der Waals surface area contributed by atoms with Gasteiger partial charge in [0.1, 0.15) is 0 Å². The number of amides is 1. The van der Waals surface area contributed by atoms with Crippen LogP contribution in [0.25, 0.3) is 0 Å². The Kier molecular flexibility index (Phi) is 4.56. The Morgan fingerprint density at radius 2 is 1.31 bits per heavy atom. The van der Waals surface area contributed by atoms with Gasteiger partial charge in [0.25, 0.3) is 0 Å². The number of esters is 1. The molecule has 0 radical (unpaired) electrons. The average Bonchev–Trinajstić information content (AvgIpc) is 3.06. The minimum absolute atomic E-state index is 0.0297. The lowest BCUT2D eigenvalue weighted by Gasteiger charge is -2.37. The summed E-state index contributed by atoms with van der Waals surface area (Å²) in [6.45, 7) is 3.99. The lowest BCUT2D eigenvalue weighted by molar-refractivity contribution is -0.152. The maximum absolute atomic E-state index is 13.3. The van der Waals surface area contributed by atoms with Gasteiger partial charge in [0.05, 0.1) is 5.57 Å². The van der Waals surface area contributed by atoms with Crippen LogP contribution in [0.15, 0.2) is 103 Å². The maximum atomic E-state index is 13.3. The maximum Gasteiger partial charge on any atom is 0.400 e. The van der Waals surface area contributed by atoms with Crippen LogP contribution in [0.2, 0.25) is 0 Å². The number of para-hydroxylation sites is 1. The Labute approximate surface area is 167 Å². The number of cyclic esters (lactones) is 1. The third kappa shape index (κ3) is 2.93. The predicted molar refractivity (Wildman–Crippen MR) is 108 cm³/mol. The Hall–Kier alpha value is -3.99. The highest BCUT2D eigenvalue weighted by molar-refractivity contribution is 6.41. The van der Waals surface area contributed by atoms with Crippen molar-refractivity contribution in [1.82, 2.24) is 0 Å². The second-order valence-corrected chi connectivity index (χ2v) is 6.55. The fourth-order valence-corrected chi connectivity index (χ4v) is 3.47. The van der Waals surface area contributed by atoms with Crippen molar-refractivity contribution in [3.63, 3.8) is 0 Å². The van der Waals surface area contributed by atoms with Crippen molar-refractivity contribution in [3.05, 3.63) is 114 Å². The molecule has 1 heterocycles. The number of ether oxygens (including phenoxy) is 1. The van der Waals surface area contributed by atoms with Crippen molar-refractivity contribution in [2.24, 2.45) is 0 Å². The Morgan fingerprint density at radius 1 is 0.793 bits per heavy atom. The number of ketones is 1. The van der Waals surface area contributed by atoms with Gasteiger partial charge in [0, 0.05) is 16.8 Å². The standard InChI is InChI=1S/C24H17NO4/c1-17(21(26)18-11-5-2-6-12-18)24(19-13-7-3-8-14-19)25(22(27)23(28)29-24)20-15-9-4-10-16-20/h2-16H,1H2. The fourth-order valence-electron chi connectivity index (χ4n) is 3.47. The number of benzene rings is 3. The van der Waals surface area contributed by atoms with Gasteiger partial charge in [-0.1, -0.05) is 85.4 Å². The molecule has 1 aliphatic rings. The molecule has 3 aromatic rings. The highest BCUT2D eigenvalue weighted by Crippen LogP contribution is 2.45. The zero-order valence-electron chi connectivity index (χ0n) is 15.4. The summed E-state index contributed by atoms with van der Waals surface area (Å²) < 4.78 is 5.64. The highest BCUT2D eigenvalue weighted by Gasteiger charge is 2.58. The monoisotopic (exact) mass is 383 g/mol. The van der Waals surface area contributed by atoms with E-state index < -0.39 is 23.4 Å². The van der Waals surface area contributed by atoms with Crippen LogP contribution in [0.4, 0.5) is 5.69 Å². The molecule has 0 saturated carbocycles. The Bertz CT molecular complexity index is 1090. The molecule has 1 aliphatic heterocycles. The van der Waals surface area contributed by atoms with Crippen LogP contribution in [-0.2, 0) is 20.1 Å². The molecule has 0 spiro atoms. The Balaban J connectivity index is 1.94. The van der Waals surface area contributed by atoms with E-state index in [-0.39, 0.29) is 5.57 Å². The summed E-state index contributed by atoms with van der Waals surface area (Å²) in [4.78, 5) is 39.8. The van der Waals surface area contributed by atoms with E-state index in [0.29, 0.717) is 16.8 Å². The first kappa shape index (κ1) is 18.4. The van der Waals surface area contributed by atoms with Crippen molar-refractivity contribution in [1.29, 1.82) is 0 Å². The second-order valence-electron chi connectivity index (χ2n) is 6.55. The number of hydrogen-bond donors (Lipinski definition) is 0. The van der Waals surface area contributed by atoms with Gasteiger partial charge in [-0.15, -0.1) is 0 Å². The lowest BCUT2D eigenvalue weighted by Crippen LogP contribution is -2.47.